The second-order valence-corrected chi connectivity index (χ2v) is 22.2. The smallest absolute Gasteiger partial charge is 0.270 e. The van der Waals surface area contributed by atoms with Gasteiger partial charge in [0.25, 0.3) is 11.4 Å². The lowest BCUT2D eigenvalue weighted by molar-refractivity contribution is -0.385. The molecule has 2 saturated carbocycles. The molecule has 2 aliphatic carbocycles. The molecule has 21 heteroatoms. The largest absolute Gasteiger partial charge is 0.490 e. The fourth-order valence-corrected chi connectivity index (χ4v) is 11.7. The van der Waals surface area contributed by atoms with Crippen molar-refractivity contribution in [1.82, 2.24) is 0 Å². The van der Waals surface area contributed by atoms with Crippen LogP contribution in [0.2, 0.25) is 0 Å². The zero-order chi connectivity index (χ0) is 63.8. The molecule has 21 nitrogen and oxygen atoms in total. The van der Waals surface area contributed by atoms with Gasteiger partial charge in [0.15, 0.2) is 0 Å². The molecule has 91 heavy (non-hydrogen) atoms. The molecular formula is C70H92N2O19. The first kappa shape index (κ1) is 70.6. The Morgan fingerprint density at radius 2 is 0.659 bits per heavy atom. The highest BCUT2D eigenvalue weighted by molar-refractivity contribution is 5.84. The van der Waals surface area contributed by atoms with Crippen LogP contribution in [0.15, 0.2) is 121 Å². The zero-order valence-corrected chi connectivity index (χ0v) is 53.2. The van der Waals surface area contributed by atoms with Crippen LogP contribution in [-0.4, -0.2) is 179 Å². The standard InChI is InChI=1S/C70H92N2O19/c1-5-77-21-25-81-29-33-86-67-45-63(65(47-69(67)88-35-31-83-27-23-79-7-3)90-61-19-17-53-13-9-11-15-55(53)43-61)57-37-51(39-59(41-57)71(73)74)49-85-50-52-38-58(42-60(40-52)72(75)76)64-46-68(87-34-30-82-26-22-78-6-2)70(89-36-32-84-28-24-80-8-4)48-66(64)91-62-20-18-54-14-10-12-16-56(54)44-62/h9-20,37-44,63-70H,5-8,21-36,45-50H2,1-4H3/t63?,64?,65?,66?,67-,68-,69+,70+/m1/s1. The SMILES string of the molecule is CCOCCOCCO[C@H]1CC(Oc2ccc3ccccc3c2)C(c2cc(COCc3cc(C4C[C@@H](OCCOCCOCC)[C@@H](OCCOCCOCC)CC4Oc4ccc5ccccc5c4)cc([N+](=O)[O-])c3)cc([N+](=O)[O-])c2)C[C@H]1OCCOCCOCC. The van der Waals surface area contributed by atoms with E-state index in [0.717, 1.165) is 21.5 Å². The summed E-state index contributed by atoms with van der Waals surface area (Å²) in [6, 6.07) is 38.0. The quantitative estimate of drug-likeness (QED) is 0.0197. The van der Waals surface area contributed by atoms with E-state index < -0.39 is 58.3 Å². The summed E-state index contributed by atoms with van der Waals surface area (Å²) in [5.41, 5.74) is 2.14. The Morgan fingerprint density at radius 1 is 0.341 bits per heavy atom. The van der Waals surface area contributed by atoms with Gasteiger partial charge in [-0.15, -0.1) is 0 Å². The van der Waals surface area contributed by atoms with Crippen molar-refractivity contribution >= 4 is 32.9 Å². The average molecular weight is 1270 g/mol. The molecule has 0 N–H and O–H groups in total. The van der Waals surface area contributed by atoms with E-state index >= 15 is 0 Å². The van der Waals surface area contributed by atoms with E-state index in [1.54, 1.807) is 12.1 Å². The molecule has 2 aliphatic rings. The third-order valence-electron chi connectivity index (χ3n) is 16.0. The number of non-ortho nitro benzene ring substituents is 2. The summed E-state index contributed by atoms with van der Waals surface area (Å²) < 4.78 is 91.9. The van der Waals surface area contributed by atoms with Crippen molar-refractivity contribution in [1.29, 1.82) is 0 Å². The van der Waals surface area contributed by atoms with Crippen LogP contribution in [-0.2, 0) is 74.8 Å². The predicted molar refractivity (Wildman–Crippen MR) is 344 cm³/mol. The van der Waals surface area contributed by atoms with E-state index in [2.05, 4.69) is 0 Å². The number of nitro benzene ring substituents is 2. The van der Waals surface area contributed by atoms with Crippen molar-refractivity contribution in [2.45, 2.75) is 115 Å². The van der Waals surface area contributed by atoms with Gasteiger partial charge in [-0.1, -0.05) is 72.8 Å². The van der Waals surface area contributed by atoms with Crippen molar-refractivity contribution in [2.24, 2.45) is 0 Å². The van der Waals surface area contributed by atoms with Crippen molar-refractivity contribution in [3.63, 3.8) is 0 Å². The van der Waals surface area contributed by atoms with Gasteiger partial charge in [-0.2, -0.15) is 0 Å². The highest BCUT2D eigenvalue weighted by Crippen LogP contribution is 2.43. The summed E-state index contributed by atoms with van der Waals surface area (Å²) in [5, 5.41) is 29.9. The summed E-state index contributed by atoms with van der Waals surface area (Å²) >= 11 is 0. The molecule has 0 heterocycles. The summed E-state index contributed by atoms with van der Waals surface area (Å²) in [6.07, 6.45) is -1.24. The first-order valence-corrected chi connectivity index (χ1v) is 32.2. The third-order valence-corrected chi connectivity index (χ3v) is 16.0. The minimum atomic E-state index is -0.518. The predicted octanol–water partition coefficient (Wildman–Crippen LogP) is 11.9. The van der Waals surface area contributed by atoms with Crippen LogP contribution in [0, 0.1) is 20.2 Å². The molecule has 8 rings (SSSR count). The molecule has 0 spiro atoms. The number of ether oxygens (including phenoxy) is 15. The Morgan fingerprint density at radius 3 is 1.00 bits per heavy atom. The molecule has 2 fully saturated rings. The molecule has 6 aromatic carbocycles. The van der Waals surface area contributed by atoms with Crippen LogP contribution in [0.1, 0.15) is 87.5 Å². The van der Waals surface area contributed by atoms with Crippen LogP contribution >= 0.6 is 0 Å². The van der Waals surface area contributed by atoms with E-state index in [4.69, 9.17) is 71.1 Å². The maximum Gasteiger partial charge on any atom is 0.270 e. The van der Waals surface area contributed by atoms with Crippen molar-refractivity contribution in [3.8, 4) is 11.5 Å². The molecule has 0 radical (unpaired) electrons. The Bertz CT molecular complexity index is 2890. The lowest BCUT2D eigenvalue weighted by Gasteiger charge is -2.41. The second kappa shape index (κ2) is 39.3. The Kier molecular flexibility index (Phi) is 30.5. The molecule has 6 aromatic rings. The van der Waals surface area contributed by atoms with E-state index in [0.29, 0.717) is 178 Å². The number of benzene rings is 6. The average Bonchev–Trinajstić information content (AvgIpc) is 1.06. The highest BCUT2D eigenvalue weighted by atomic mass is 16.6. The number of fused-ring (bicyclic) bond motifs is 2. The Labute approximate surface area is 534 Å². The molecule has 0 amide bonds. The minimum Gasteiger partial charge on any atom is -0.490 e. The van der Waals surface area contributed by atoms with E-state index in [1.807, 2.05) is 125 Å². The molecular weight excluding hydrogens is 1170 g/mol. The number of rotatable bonds is 44. The van der Waals surface area contributed by atoms with Gasteiger partial charge < -0.3 is 71.1 Å². The topological polar surface area (TPSA) is 225 Å². The van der Waals surface area contributed by atoms with Crippen LogP contribution in [0.25, 0.3) is 21.5 Å². The van der Waals surface area contributed by atoms with Crippen molar-refractivity contribution < 1.29 is 80.9 Å². The molecule has 8 atom stereocenters. The van der Waals surface area contributed by atoms with Crippen molar-refractivity contribution in [2.75, 3.05) is 132 Å². The first-order chi connectivity index (χ1) is 44.6. The molecule has 0 saturated heterocycles. The van der Waals surface area contributed by atoms with Crippen LogP contribution in [0.3, 0.4) is 0 Å². The number of nitrogens with zero attached hydrogens (tertiary/aromatic N) is 2. The zero-order valence-electron chi connectivity index (χ0n) is 53.2. The van der Waals surface area contributed by atoms with Gasteiger partial charge in [0, 0.05) is 75.4 Å². The van der Waals surface area contributed by atoms with E-state index in [9.17, 15) is 20.2 Å². The lowest BCUT2D eigenvalue weighted by Crippen LogP contribution is -2.46. The van der Waals surface area contributed by atoms with Crippen LogP contribution in [0.5, 0.6) is 11.5 Å². The van der Waals surface area contributed by atoms with Gasteiger partial charge in [0.1, 0.15) is 23.7 Å². The molecule has 0 aliphatic heterocycles. The summed E-state index contributed by atoms with van der Waals surface area (Å²) in [7, 11) is 0. The van der Waals surface area contributed by atoms with E-state index in [1.165, 1.54) is 12.1 Å². The first-order valence-electron chi connectivity index (χ1n) is 32.2. The normalized spacial score (nSPS) is 20.1. The maximum absolute atomic E-state index is 12.9. The third kappa shape index (κ3) is 23.1. The van der Waals surface area contributed by atoms with Gasteiger partial charge >= 0.3 is 0 Å². The molecule has 0 bridgehead atoms. The highest BCUT2D eigenvalue weighted by Gasteiger charge is 2.43. The van der Waals surface area contributed by atoms with Crippen LogP contribution < -0.4 is 9.47 Å². The molecule has 0 aromatic heterocycles. The molecule has 4 unspecified atom stereocenters. The van der Waals surface area contributed by atoms with Gasteiger partial charge in [-0.25, -0.2) is 0 Å². The fourth-order valence-electron chi connectivity index (χ4n) is 11.7. The minimum absolute atomic E-state index is 0.0578. The number of hydrogen-bond acceptors (Lipinski definition) is 19. The number of nitro groups is 2. The van der Waals surface area contributed by atoms with E-state index in [-0.39, 0.29) is 37.8 Å². The summed E-state index contributed by atoms with van der Waals surface area (Å²) in [4.78, 5) is 25.0. The van der Waals surface area contributed by atoms with Crippen LogP contribution in [0.4, 0.5) is 11.4 Å². The van der Waals surface area contributed by atoms with Gasteiger partial charge in [-0.3, -0.25) is 20.2 Å². The lowest BCUT2D eigenvalue weighted by atomic mass is 9.78. The van der Waals surface area contributed by atoms with Gasteiger partial charge in [-0.05, 0) is 109 Å². The summed E-state index contributed by atoms with van der Waals surface area (Å²) in [5.74, 6) is 0.452. The fraction of sp³-hybridized carbons (Fsp3) is 0.543. The van der Waals surface area contributed by atoms with Gasteiger partial charge in [0.2, 0.25) is 0 Å². The number of hydrogen-bond donors (Lipinski definition) is 0. The van der Waals surface area contributed by atoms with Crippen molar-refractivity contribution in [3.05, 3.63) is 164 Å². The Hall–Kier alpha value is -6.28. The molecule has 496 valence electrons. The maximum atomic E-state index is 12.9. The second-order valence-electron chi connectivity index (χ2n) is 22.2. The Balaban J connectivity index is 1.05. The van der Waals surface area contributed by atoms with Gasteiger partial charge in [0.05, 0.1) is 153 Å². The summed E-state index contributed by atoms with van der Waals surface area (Å²) in [6.45, 7) is 16.1. The monoisotopic (exact) mass is 1260 g/mol.